The number of nitrogens with zero attached hydrogens (tertiary/aromatic N) is 3. The molecule has 1 aromatic carbocycles. The Kier molecular flexibility index (Phi) is 2.31. The van der Waals surface area contributed by atoms with Gasteiger partial charge in [0.15, 0.2) is 6.54 Å². The van der Waals surface area contributed by atoms with E-state index >= 15 is 0 Å². The van der Waals surface area contributed by atoms with Crippen LogP contribution in [-0.2, 0) is 24.2 Å². The molecular formula is C12H13N3O2. The number of carbonyl (C=O) groups is 1. The van der Waals surface area contributed by atoms with Gasteiger partial charge in [0.25, 0.3) is 0 Å². The highest BCUT2D eigenvalue weighted by molar-refractivity contribution is 5.76. The van der Waals surface area contributed by atoms with Crippen molar-refractivity contribution in [1.29, 1.82) is 0 Å². The lowest BCUT2D eigenvalue weighted by Crippen LogP contribution is -2.11. The number of fused-ring (bicyclic) bond motifs is 2. The summed E-state index contributed by atoms with van der Waals surface area (Å²) in [4.78, 5) is 11.8. The Morgan fingerprint density at radius 1 is 1.18 bits per heavy atom. The Bertz CT molecular complexity index is 546. The van der Waals surface area contributed by atoms with Gasteiger partial charge in [-0.25, -0.2) is 0 Å². The Balaban J connectivity index is 2.06. The average Bonchev–Trinajstić information content (AvgIpc) is 2.65. The summed E-state index contributed by atoms with van der Waals surface area (Å²) in [6, 6.07) is 4.10. The molecule has 0 saturated heterocycles. The van der Waals surface area contributed by atoms with Crippen LogP contribution in [0.3, 0.4) is 0 Å². The number of rotatable bonds is 2. The van der Waals surface area contributed by atoms with Crippen LogP contribution < -0.4 is 0 Å². The molecular weight excluding hydrogens is 218 g/mol. The summed E-state index contributed by atoms with van der Waals surface area (Å²) in [5.41, 5.74) is 4.27. The Labute approximate surface area is 98.0 Å². The zero-order chi connectivity index (χ0) is 11.8. The molecule has 88 valence electrons. The minimum Gasteiger partial charge on any atom is -0.480 e. The summed E-state index contributed by atoms with van der Waals surface area (Å²) in [6.07, 6.45) is 4.64. The van der Waals surface area contributed by atoms with Crippen molar-refractivity contribution in [1.82, 2.24) is 15.0 Å². The number of aromatic nitrogens is 3. The fourth-order valence-corrected chi connectivity index (χ4v) is 2.38. The quantitative estimate of drug-likeness (QED) is 0.848. The van der Waals surface area contributed by atoms with Crippen LogP contribution in [0.25, 0.3) is 11.0 Å². The average molecular weight is 231 g/mol. The summed E-state index contributed by atoms with van der Waals surface area (Å²) >= 11 is 0. The third kappa shape index (κ3) is 1.88. The lowest BCUT2D eigenvalue weighted by atomic mass is 9.91. The van der Waals surface area contributed by atoms with E-state index in [4.69, 9.17) is 5.11 Å². The van der Waals surface area contributed by atoms with Gasteiger partial charge in [-0.05, 0) is 48.9 Å². The maximum Gasteiger partial charge on any atom is 0.327 e. The van der Waals surface area contributed by atoms with Crippen LogP contribution in [0.4, 0.5) is 0 Å². The van der Waals surface area contributed by atoms with Gasteiger partial charge in [0.1, 0.15) is 11.0 Å². The number of hydrogen-bond donors (Lipinski definition) is 1. The van der Waals surface area contributed by atoms with Crippen LogP contribution >= 0.6 is 0 Å². The van der Waals surface area contributed by atoms with Gasteiger partial charge in [-0.15, -0.1) is 0 Å². The molecule has 5 heteroatoms. The zero-order valence-corrected chi connectivity index (χ0v) is 9.39. The molecule has 0 unspecified atom stereocenters. The number of aliphatic carboxylic acids is 1. The summed E-state index contributed by atoms with van der Waals surface area (Å²) in [6.45, 7) is -0.181. The van der Waals surface area contributed by atoms with Gasteiger partial charge < -0.3 is 5.11 Å². The van der Waals surface area contributed by atoms with Crippen molar-refractivity contribution in [2.45, 2.75) is 32.2 Å². The predicted molar refractivity (Wildman–Crippen MR) is 61.8 cm³/mol. The zero-order valence-electron chi connectivity index (χ0n) is 9.39. The highest BCUT2D eigenvalue weighted by Crippen LogP contribution is 2.24. The van der Waals surface area contributed by atoms with Crippen LogP contribution in [-0.4, -0.2) is 26.1 Å². The van der Waals surface area contributed by atoms with Gasteiger partial charge >= 0.3 is 5.97 Å². The molecule has 1 heterocycles. The predicted octanol–water partition coefficient (Wildman–Crippen LogP) is 1.39. The van der Waals surface area contributed by atoms with Crippen LogP contribution in [0.1, 0.15) is 24.0 Å². The van der Waals surface area contributed by atoms with Gasteiger partial charge in [0.2, 0.25) is 0 Å². The van der Waals surface area contributed by atoms with Gasteiger partial charge in [-0.3, -0.25) is 4.79 Å². The second-order valence-corrected chi connectivity index (χ2v) is 4.44. The summed E-state index contributed by atoms with van der Waals surface area (Å²) in [7, 11) is 0. The fraction of sp³-hybridized carbons (Fsp3) is 0.417. The first-order valence-corrected chi connectivity index (χ1v) is 5.81. The smallest absolute Gasteiger partial charge is 0.327 e. The molecule has 0 fully saturated rings. The summed E-state index contributed by atoms with van der Waals surface area (Å²) < 4.78 is 0. The van der Waals surface area contributed by atoms with Crippen LogP contribution in [0.5, 0.6) is 0 Å². The van der Waals surface area contributed by atoms with E-state index in [0.717, 1.165) is 23.9 Å². The van der Waals surface area contributed by atoms with Crippen molar-refractivity contribution < 1.29 is 9.90 Å². The van der Waals surface area contributed by atoms with Crippen molar-refractivity contribution in [2.75, 3.05) is 0 Å². The molecule has 0 radical (unpaired) electrons. The SMILES string of the molecule is O=C(O)Cn1nc2cc3c(cc2n1)CCCC3. The van der Waals surface area contributed by atoms with E-state index in [0.29, 0.717) is 0 Å². The van der Waals surface area contributed by atoms with Gasteiger partial charge in [-0.1, -0.05) is 0 Å². The molecule has 0 aliphatic heterocycles. The molecule has 0 amide bonds. The topological polar surface area (TPSA) is 68.0 Å². The van der Waals surface area contributed by atoms with Crippen LogP contribution in [0.15, 0.2) is 12.1 Å². The maximum absolute atomic E-state index is 10.6. The minimum absolute atomic E-state index is 0.181. The molecule has 1 N–H and O–H groups in total. The molecule has 2 aromatic rings. The number of aryl methyl sites for hydroxylation is 2. The van der Waals surface area contributed by atoms with Crippen molar-refractivity contribution in [3.8, 4) is 0 Å². The molecule has 17 heavy (non-hydrogen) atoms. The number of hydrogen-bond acceptors (Lipinski definition) is 3. The highest BCUT2D eigenvalue weighted by atomic mass is 16.4. The third-order valence-electron chi connectivity index (χ3n) is 3.16. The summed E-state index contributed by atoms with van der Waals surface area (Å²) in [5.74, 6) is -0.921. The van der Waals surface area contributed by atoms with E-state index in [1.54, 1.807) is 0 Å². The van der Waals surface area contributed by atoms with Crippen LogP contribution in [0.2, 0.25) is 0 Å². The van der Waals surface area contributed by atoms with E-state index in [9.17, 15) is 4.79 Å². The molecule has 5 nitrogen and oxygen atoms in total. The van der Waals surface area contributed by atoms with Crippen molar-refractivity contribution in [3.05, 3.63) is 23.3 Å². The van der Waals surface area contributed by atoms with E-state index in [2.05, 4.69) is 22.3 Å². The monoisotopic (exact) mass is 231 g/mol. The first-order chi connectivity index (χ1) is 8.22. The van der Waals surface area contributed by atoms with Gasteiger partial charge in [0, 0.05) is 0 Å². The maximum atomic E-state index is 10.6. The van der Waals surface area contributed by atoms with Gasteiger partial charge in [0.05, 0.1) is 0 Å². The van der Waals surface area contributed by atoms with E-state index < -0.39 is 5.97 Å². The minimum atomic E-state index is -0.921. The number of carboxylic acids is 1. The Morgan fingerprint density at radius 2 is 1.71 bits per heavy atom. The first kappa shape index (κ1) is 10.3. The second kappa shape index (κ2) is 3.84. The van der Waals surface area contributed by atoms with Crippen LogP contribution in [0, 0.1) is 0 Å². The van der Waals surface area contributed by atoms with E-state index in [-0.39, 0.29) is 6.54 Å². The standard InChI is InChI=1S/C12H13N3O2/c16-12(17)7-15-13-10-5-8-3-1-2-4-9(8)6-11(10)14-15/h5-6H,1-4,7H2,(H,16,17). The first-order valence-electron chi connectivity index (χ1n) is 5.81. The Morgan fingerprint density at radius 3 is 2.18 bits per heavy atom. The van der Waals surface area contributed by atoms with Crippen molar-refractivity contribution in [2.24, 2.45) is 0 Å². The van der Waals surface area contributed by atoms with Crippen molar-refractivity contribution >= 4 is 17.0 Å². The lowest BCUT2D eigenvalue weighted by molar-refractivity contribution is -0.138. The largest absolute Gasteiger partial charge is 0.480 e. The fourth-order valence-electron chi connectivity index (χ4n) is 2.38. The van der Waals surface area contributed by atoms with Crippen molar-refractivity contribution in [3.63, 3.8) is 0 Å². The molecule has 1 aliphatic carbocycles. The molecule has 0 saturated carbocycles. The molecule has 3 rings (SSSR count). The highest BCUT2D eigenvalue weighted by Gasteiger charge is 2.13. The molecule has 0 atom stereocenters. The normalized spacial score (nSPS) is 14.8. The van der Waals surface area contributed by atoms with Gasteiger partial charge in [-0.2, -0.15) is 15.0 Å². The molecule has 0 spiro atoms. The molecule has 1 aromatic heterocycles. The summed E-state index contributed by atoms with van der Waals surface area (Å²) in [5, 5.41) is 17.1. The third-order valence-corrected chi connectivity index (χ3v) is 3.16. The molecule has 1 aliphatic rings. The lowest BCUT2D eigenvalue weighted by Gasteiger charge is -2.14. The van der Waals surface area contributed by atoms with E-state index in [1.807, 2.05) is 0 Å². The number of carboxylic acid groups (broad SMARTS) is 1. The second-order valence-electron chi connectivity index (χ2n) is 4.44. The number of benzene rings is 1. The molecule has 0 bridgehead atoms. The van der Waals surface area contributed by atoms with E-state index in [1.165, 1.54) is 28.8 Å². The Hall–Kier alpha value is -1.91.